The minimum Gasteiger partial charge on any atom is -0.325 e. The third-order valence-corrected chi connectivity index (χ3v) is 6.09. The molecule has 0 aliphatic carbocycles. The van der Waals surface area contributed by atoms with Gasteiger partial charge in [-0.1, -0.05) is 24.3 Å². The Morgan fingerprint density at radius 1 is 0.944 bits per heavy atom. The third kappa shape index (κ3) is 5.51. The molecule has 0 spiro atoms. The standard InChI is InChI=1S/C26H29N9O/c1-19-8-9-21(30-25(36)20-6-4-3-5-7-20)16-22(19)31-26-27-10-11-35(26)24-17-23(28-18-29-24)32-34-14-12-33(2)13-15-34/h3-11,16-18H,12-15H2,1-2H3,(H,27,31)(H,30,36)(H,28,29,32). The molecule has 1 amide bonds. The molecule has 1 fully saturated rings. The highest BCUT2D eigenvalue weighted by atomic mass is 16.1. The molecule has 1 aliphatic rings. The number of aryl methyl sites for hydroxylation is 1. The predicted molar refractivity (Wildman–Crippen MR) is 141 cm³/mol. The second kappa shape index (κ2) is 10.5. The molecule has 0 saturated carbocycles. The number of rotatable bonds is 7. The molecule has 0 bridgehead atoms. The summed E-state index contributed by atoms with van der Waals surface area (Å²) in [5, 5.41) is 8.50. The van der Waals surface area contributed by atoms with E-state index in [9.17, 15) is 4.79 Å². The van der Waals surface area contributed by atoms with Crippen LogP contribution in [0.2, 0.25) is 0 Å². The Kier molecular flexibility index (Phi) is 6.87. The highest BCUT2D eigenvalue weighted by molar-refractivity contribution is 6.04. The summed E-state index contributed by atoms with van der Waals surface area (Å²) in [4.78, 5) is 28.2. The van der Waals surface area contributed by atoms with Gasteiger partial charge in [0.25, 0.3) is 5.91 Å². The van der Waals surface area contributed by atoms with Gasteiger partial charge in [-0.2, -0.15) is 0 Å². The van der Waals surface area contributed by atoms with Crippen molar-refractivity contribution in [3.63, 3.8) is 0 Å². The summed E-state index contributed by atoms with van der Waals surface area (Å²) in [6, 6.07) is 16.8. The fraction of sp³-hybridized carbons (Fsp3) is 0.231. The molecule has 1 saturated heterocycles. The van der Waals surface area contributed by atoms with Gasteiger partial charge in [0.1, 0.15) is 18.0 Å². The topological polar surface area (TPSA) is 103 Å². The lowest BCUT2D eigenvalue weighted by molar-refractivity contribution is 0.102. The minimum atomic E-state index is -0.159. The number of nitrogens with zero attached hydrogens (tertiary/aromatic N) is 6. The van der Waals surface area contributed by atoms with Gasteiger partial charge in [0.05, 0.1) is 0 Å². The molecule has 0 atom stereocenters. The van der Waals surface area contributed by atoms with Crippen LogP contribution in [0.1, 0.15) is 15.9 Å². The van der Waals surface area contributed by atoms with Gasteiger partial charge in [0.15, 0.2) is 0 Å². The Morgan fingerprint density at radius 3 is 2.56 bits per heavy atom. The fourth-order valence-corrected chi connectivity index (χ4v) is 3.95. The maximum Gasteiger partial charge on any atom is 0.255 e. The molecule has 36 heavy (non-hydrogen) atoms. The van der Waals surface area contributed by atoms with Crippen molar-refractivity contribution in [3.8, 4) is 5.82 Å². The van der Waals surface area contributed by atoms with Crippen LogP contribution in [0.15, 0.2) is 73.3 Å². The molecule has 184 valence electrons. The Labute approximate surface area is 210 Å². The number of hydrogen-bond donors (Lipinski definition) is 3. The summed E-state index contributed by atoms with van der Waals surface area (Å²) in [7, 11) is 2.13. The molecule has 0 radical (unpaired) electrons. The first-order valence-electron chi connectivity index (χ1n) is 11.9. The van der Waals surface area contributed by atoms with Crippen LogP contribution in [-0.4, -0.2) is 68.6 Å². The number of likely N-dealkylation sites (N-methyl/N-ethyl adjacent to an activating group) is 1. The normalized spacial score (nSPS) is 14.4. The van der Waals surface area contributed by atoms with E-state index >= 15 is 0 Å². The third-order valence-electron chi connectivity index (χ3n) is 6.09. The highest BCUT2D eigenvalue weighted by Crippen LogP contribution is 2.25. The van der Waals surface area contributed by atoms with E-state index < -0.39 is 0 Å². The predicted octanol–water partition coefficient (Wildman–Crippen LogP) is 3.54. The van der Waals surface area contributed by atoms with Gasteiger partial charge in [-0.05, 0) is 43.8 Å². The van der Waals surface area contributed by atoms with Crippen LogP contribution in [0, 0.1) is 6.92 Å². The molecule has 3 N–H and O–H groups in total. The van der Waals surface area contributed by atoms with E-state index in [0.717, 1.165) is 43.2 Å². The van der Waals surface area contributed by atoms with E-state index in [1.807, 2.05) is 60.2 Å². The lowest BCUT2D eigenvalue weighted by Gasteiger charge is -2.32. The number of benzene rings is 2. The number of imidazole rings is 1. The Bertz CT molecular complexity index is 1330. The summed E-state index contributed by atoms with van der Waals surface area (Å²) >= 11 is 0. The van der Waals surface area contributed by atoms with Gasteiger partial charge in [-0.15, -0.1) is 0 Å². The largest absolute Gasteiger partial charge is 0.325 e. The van der Waals surface area contributed by atoms with E-state index in [2.05, 4.69) is 48.0 Å². The van der Waals surface area contributed by atoms with Gasteiger partial charge in [-0.3, -0.25) is 9.36 Å². The van der Waals surface area contributed by atoms with Crippen LogP contribution in [0.4, 0.5) is 23.1 Å². The van der Waals surface area contributed by atoms with Crippen molar-refractivity contribution in [2.45, 2.75) is 6.92 Å². The number of nitrogens with one attached hydrogen (secondary N) is 3. The molecule has 4 aromatic rings. The molecule has 5 rings (SSSR count). The van der Waals surface area contributed by atoms with Crippen LogP contribution >= 0.6 is 0 Å². The number of carbonyl (C=O) groups is 1. The minimum absolute atomic E-state index is 0.159. The second-order valence-corrected chi connectivity index (χ2v) is 8.76. The molecular weight excluding hydrogens is 454 g/mol. The van der Waals surface area contributed by atoms with E-state index in [4.69, 9.17) is 0 Å². The van der Waals surface area contributed by atoms with Crippen LogP contribution in [-0.2, 0) is 0 Å². The molecule has 10 heteroatoms. The van der Waals surface area contributed by atoms with Crippen molar-refractivity contribution in [3.05, 3.63) is 84.4 Å². The van der Waals surface area contributed by atoms with Crippen molar-refractivity contribution in [2.75, 3.05) is 49.3 Å². The number of amides is 1. The quantitative estimate of drug-likeness (QED) is 0.367. The van der Waals surface area contributed by atoms with Crippen LogP contribution in [0.3, 0.4) is 0 Å². The van der Waals surface area contributed by atoms with Crippen molar-refractivity contribution in [1.29, 1.82) is 0 Å². The summed E-state index contributed by atoms with van der Waals surface area (Å²) in [6.45, 7) is 5.85. The maximum atomic E-state index is 12.6. The van der Waals surface area contributed by atoms with Gasteiger partial charge in [0, 0.05) is 61.6 Å². The van der Waals surface area contributed by atoms with Crippen molar-refractivity contribution in [1.82, 2.24) is 29.4 Å². The van der Waals surface area contributed by atoms with Gasteiger partial charge in [0.2, 0.25) is 5.95 Å². The number of piperazine rings is 1. The van der Waals surface area contributed by atoms with E-state index in [0.29, 0.717) is 23.0 Å². The first kappa shape index (κ1) is 23.5. The van der Waals surface area contributed by atoms with E-state index in [1.165, 1.54) is 0 Å². The monoisotopic (exact) mass is 483 g/mol. The molecule has 0 unspecified atom stereocenters. The second-order valence-electron chi connectivity index (χ2n) is 8.76. The lowest BCUT2D eigenvalue weighted by Crippen LogP contribution is -2.47. The zero-order valence-corrected chi connectivity index (χ0v) is 20.3. The summed E-state index contributed by atoms with van der Waals surface area (Å²) < 4.78 is 1.87. The van der Waals surface area contributed by atoms with Crippen LogP contribution in [0.25, 0.3) is 5.82 Å². The Balaban J connectivity index is 1.32. The number of anilines is 4. The SMILES string of the molecule is Cc1ccc(NC(=O)c2ccccc2)cc1Nc1nccn1-c1cc(NN2CCN(C)CC2)ncn1. The first-order valence-corrected chi connectivity index (χ1v) is 11.9. The smallest absolute Gasteiger partial charge is 0.255 e. The van der Waals surface area contributed by atoms with E-state index in [-0.39, 0.29) is 5.91 Å². The van der Waals surface area contributed by atoms with Crippen molar-refractivity contribution < 1.29 is 4.79 Å². The maximum absolute atomic E-state index is 12.6. The van der Waals surface area contributed by atoms with Crippen LogP contribution in [0.5, 0.6) is 0 Å². The van der Waals surface area contributed by atoms with Crippen LogP contribution < -0.4 is 16.1 Å². The molecule has 2 aromatic carbocycles. The number of hydrogen-bond acceptors (Lipinski definition) is 8. The average molecular weight is 484 g/mol. The van der Waals surface area contributed by atoms with Gasteiger partial charge < -0.3 is 21.0 Å². The van der Waals surface area contributed by atoms with E-state index in [1.54, 1.807) is 24.7 Å². The van der Waals surface area contributed by atoms with Gasteiger partial charge in [-0.25, -0.2) is 20.0 Å². The highest BCUT2D eigenvalue weighted by Gasteiger charge is 2.15. The van der Waals surface area contributed by atoms with Crippen molar-refractivity contribution >= 4 is 29.0 Å². The number of carbonyl (C=O) groups excluding carboxylic acids is 1. The number of aromatic nitrogens is 4. The molecule has 2 aromatic heterocycles. The summed E-state index contributed by atoms with van der Waals surface area (Å²) in [5.74, 6) is 1.86. The summed E-state index contributed by atoms with van der Waals surface area (Å²) in [6.07, 6.45) is 5.11. The zero-order valence-electron chi connectivity index (χ0n) is 20.3. The Morgan fingerprint density at radius 2 is 1.75 bits per heavy atom. The molecule has 3 heterocycles. The zero-order chi connectivity index (χ0) is 24.9. The fourth-order valence-electron chi connectivity index (χ4n) is 3.95. The molecular formula is C26H29N9O. The Hall–Kier alpha value is -4.28. The average Bonchev–Trinajstić information content (AvgIpc) is 3.36. The number of hydrazine groups is 1. The summed E-state index contributed by atoms with van der Waals surface area (Å²) in [5.41, 5.74) is 6.53. The molecule has 10 nitrogen and oxygen atoms in total. The van der Waals surface area contributed by atoms with Crippen molar-refractivity contribution in [2.24, 2.45) is 0 Å². The lowest BCUT2D eigenvalue weighted by atomic mass is 10.1. The van der Waals surface area contributed by atoms with Gasteiger partial charge >= 0.3 is 0 Å². The first-order chi connectivity index (χ1) is 17.5. The molecule has 1 aliphatic heterocycles.